The number of H-pyrrole nitrogens is 1. The van der Waals surface area contributed by atoms with Gasteiger partial charge in [-0.15, -0.1) is 12.4 Å². The molecule has 0 aromatic carbocycles. The van der Waals surface area contributed by atoms with E-state index in [1.165, 1.54) is 0 Å². The zero-order valence-corrected chi connectivity index (χ0v) is 11.8. The van der Waals surface area contributed by atoms with E-state index in [0.717, 1.165) is 49.7 Å². The second kappa shape index (κ2) is 6.81. The number of piperidine rings is 1. The van der Waals surface area contributed by atoms with E-state index in [0.29, 0.717) is 0 Å². The molecule has 18 heavy (non-hydrogen) atoms. The number of hydrogen-bond donors (Lipinski definition) is 2. The Kier molecular flexibility index (Phi) is 5.69. The molecule has 0 aliphatic carbocycles. The molecular weight excluding hydrogens is 250 g/mol. The van der Waals surface area contributed by atoms with Crippen molar-refractivity contribution >= 4 is 18.3 Å². The number of carbonyl (C=O) groups excluding carboxylic acids is 1. The lowest BCUT2D eigenvalue weighted by atomic mass is 9.96. The summed E-state index contributed by atoms with van der Waals surface area (Å²) in [7, 11) is 1.99. The van der Waals surface area contributed by atoms with E-state index in [-0.39, 0.29) is 18.3 Å². The first kappa shape index (κ1) is 15.1. The van der Waals surface area contributed by atoms with Crippen LogP contribution in [0.1, 0.15) is 28.9 Å². The molecule has 0 radical (unpaired) electrons. The minimum Gasteiger partial charge on any atom is -0.365 e. The fraction of sp³-hybridized carbons (Fsp3) is 0.615. The highest BCUT2D eigenvalue weighted by molar-refractivity contribution is 5.95. The number of amides is 1. The van der Waals surface area contributed by atoms with Gasteiger partial charge in [0, 0.05) is 25.0 Å². The van der Waals surface area contributed by atoms with Crippen molar-refractivity contribution in [2.45, 2.75) is 19.8 Å². The predicted molar refractivity (Wildman–Crippen MR) is 75.3 cm³/mol. The first-order chi connectivity index (χ1) is 8.22. The Morgan fingerprint density at radius 2 is 2.17 bits per heavy atom. The van der Waals surface area contributed by atoms with Gasteiger partial charge in [-0.3, -0.25) is 4.79 Å². The van der Waals surface area contributed by atoms with E-state index >= 15 is 0 Å². The van der Waals surface area contributed by atoms with Crippen LogP contribution >= 0.6 is 12.4 Å². The number of aryl methyl sites for hydroxylation is 1. The largest absolute Gasteiger partial charge is 0.365 e. The van der Waals surface area contributed by atoms with E-state index in [9.17, 15) is 4.79 Å². The summed E-state index contributed by atoms with van der Waals surface area (Å²) < 4.78 is 0. The van der Waals surface area contributed by atoms with Gasteiger partial charge in [-0.1, -0.05) is 0 Å². The maximum Gasteiger partial charge on any atom is 0.255 e. The third-order valence-electron chi connectivity index (χ3n) is 3.58. The van der Waals surface area contributed by atoms with Gasteiger partial charge in [0.2, 0.25) is 0 Å². The molecule has 0 unspecified atom stereocenters. The summed E-state index contributed by atoms with van der Waals surface area (Å²) in [4.78, 5) is 17.3. The highest BCUT2D eigenvalue weighted by Gasteiger charge is 2.24. The summed E-state index contributed by atoms with van der Waals surface area (Å²) in [5.74, 6) is 0.892. The van der Waals surface area contributed by atoms with Crippen LogP contribution in [0.15, 0.2) is 12.3 Å². The lowest BCUT2D eigenvalue weighted by Crippen LogP contribution is -2.40. The predicted octanol–water partition coefficient (Wildman–Crippen LogP) is 1.82. The average molecular weight is 272 g/mol. The number of hydrogen-bond acceptors (Lipinski definition) is 2. The Bertz CT molecular complexity index is 383. The lowest BCUT2D eigenvalue weighted by Gasteiger charge is -2.32. The molecule has 0 spiro atoms. The van der Waals surface area contributed by atoms with Gasteiger partial charge in [0.05, 0.1) is 5.56 Å². The molecule has 1 aliphatic rings. The molecule has 1 aromatic rings. The van der Waals surface area contributed by atoms with Gasteiger partial charge < -0.3 is 15.2 Å². The molecule has 2 heterocycles. The van der Waals surface area contributed by atoms with Gasteiger partial charge in [-0.2, -0.15) is 0 Å². The second-order valence-electron chi connectivity index (χ2n) is 4.81. The van der Waals surface area contributed by atoms with Gasteiger partial charge in [-0.05, 0) is 45.3 Å². The van der Waals surface area contributed by atoms with Gasteiger partial charge in [0.25, 0.3) is 5.91 Å². The van der Waals surface area contributed by atoms with Crippen molar-refractivity contribution in [2.75, 3.05) is 26.7 Å². The minimum absolute atomic E-state index is 0. The summed E-state index contributed by atoms with van der Waals surface area (Å²) in [5.41, 5.74) is 1.78. The molecule has 2 rings (SSSR count). The van der Waals surface area contributed by atoms with E-state index < -0.39 is 0 Å². The van der Waals surface area contributed by atoms with E-state index in [1.54, 1.807) is 0 Å². The molecule has 1 saturated heterocycles. The highest BCUT2D eigenvalue weighted by atomic mass is 35.5. The molecule has 0 saturated carbocycles. The van der Waals surface area contributed by atoms with Crippen molar-refractivity contribution in [1.29, 1.82) is 0 Å². The first-order valence-corrected chi connectivity index (χ1v) is 6.30. The zero-order valence-electron chi connectivity index (χ0n) is 11.0. The number of carbonyl (C=O) groups is 1. The van der Waals surface area contributed by atoms with Crippen molar-refractivity contribution in [1.82, 2.24) is 15.2 Å². The van der Waals surface area contributed by atoms with Crippen molar-refractivity contribution in [3.05, 3.63) is 23.5 Å². The average Bonchev–Trinajstić information content (AvgIpc) is 2.76. The van der Waals surface area contributed by atoms with Crippen LogP contribution in [-0.2, 0) is 0 Å². The highest BCUT2D eigenvalue weighted by Crippen LogP contribution is 2.19. The molecule has 102 valence electrons. The van der Waals surface area contributed by atoms with Crippen LogP contribution in [0.4, 0.5) is 0 Å². The maximum atomic E-state index is 12.2. The van der Waals surface area contributed by atoms with Crippen molar-refractivity contribution in [2.24, 2.45) is 5.92 Å². The Morgan fingerprint density at radius 1 is 1.50 bits per heavy atom. The third-order valence-corrected chi connectivity index (χ3v) is 3.58. The Labute approximate surface area is 115 Å². The molecule has 1 aromatic heterocycles. The molecule has 5 heteroatoms. The summed E-state index contributed by atoms with van der Waals surface area (Å²) in [6, 6.07) is 1.87. The molecule has 2 N–H and O–H groups in total. The van der Waals surface area contributed by atoms with E-state index in [4.69, 9.17) is 0 Å². The second-order valence-corrected chi connectivity index (χ2v) is 4.81. The van der Waals surface area contributed by atoms with E-state index in [1.807, 2.05) is 31.1 Å². The Hall–Kier alpha value is -1.00. The SMILES string of the molecule is CNCC1CCN(C(=O)c2cc[nH]c2C)CC1.Cl. The van der Waals surface area contributed by atoms with Crippen LogP contribution in [0, 0.1) is 12.8 Å². The minimum atomic E-state index is 0. The summed E-state index contributed by atoms with van der Waals surface area (Å²) in [6.45, 7) is 4.78. The topological polar surface area (TPSA) is 48.1 Å². The van der Waals surface area contributed by atoms with Crippen LogP contribution in [0.5, 0.6) is 0 Å². The molecular formula is C13H22ClN3O. The molecule has 1 aliphatic heterocycles. The number of aromatic amines is 1. The maximum absolute atomic E-state index is 12.2. The monoisotopic (exact) mass is 271 g/mol. The summed E-state index contributed by atoms with van der Waals surface area (Å²) in [6.07, 6.45) is 4.04. The number of rotatable bonds is 3. The van der Waals surface area contributed by atoms with Crippen molar-refractivity contribution in [3.8, 4) is 0 Å². The Balaban J connectivity index is 0.00000162. The number of likely N-dealkylation sites (tertiary alicyclic amines) is 1. The smallest absolute Gasteiger partial charge is 0.255 e. The van der Waals surface area contributed by atoms with Crippen LogP contribution < -0.4 is 5.32 Å². The molecule has 1 fully saturated rings. The van der Waals surface area contributed by atoms with Gasteiger partial charge in [0.1, 0.15) is 0 Å². The molecule has 0 bridgehead atoms. The summed E-state index contributed by atoms with van der Waals surface area (Å²) >= 11 is 0. The van der Waals surface area contributed by atoms with Gasteiger partial charge in [-0.25, -0.2) is 0 Å². The quantitative estimate of drug-likeness (QED) is 0.881. The number of nitrogens with zero attached hydrogens (tertiary/aromatic N) is 1. The first-order valence-electron chi connectivity index (χ1n) is 6.30. The van der Waals surface area contributed by atoms with Crippen molar-refractivity contribution in [3.63, 3.8) is 0 Å². The van der Waals surface area contributed by atoms with Crippen LogP contribution in [0.25, 0.3) is 0 Å². The zero-order chi connectivity index (χ0) is 12.3. The lowest BCUT2D eigenvalue weighted by molar-refractivity contribution is 0.0690. The van der Waals surface area contributed by atoms with Crippen molar-refractivity contribution < 1.29 is 4.79 Å². The fourth-order valence-electron chi connectivity index (χ4n) is 2.48. The Morgan fingerprint density at radius 3 is 2.67 bits per heavy atom. The summed E-state index contributed by atoms with van der Waals surface area (Å²) in [5, 5.41) is 3.21. The van der Waals surface area contributed by atoms with Crippen LogP contribution in [0.3, 0.4) is 0 Å². The molecule has 0 atom stereocenters. The van der Waals surface area contributed by atoms with Gasteiger partial charge in [0.15, 0.2) is 0 Å². The number of nitrogens with one attached hydrogen (secondary N) is 2. The molecule has 4 nitrogen and oxygen atoms in total. The molecule has 1 amide bonds. The van der Waals surface area contributed by atoms with Gasteiger partial charge >= 0.3 is 0 Å². The fourth-order valence-corrected chi connectivity index (χ4v) is 2.48. The van der Waals surface area contributed by atoms with Crippen LogP contribution in [-0.4, -0.2) is 42.5 Å². The normalized spacial score (nSPS) is 16.4. The standard InChI is InChI=1S/C13H21N3O.ClH/c1-10-12(3-6-15-10)13(17)16-7-4-11(5-8-16)9-14-2;/h3,6,11,14-15H,4-5,7-9H2,1-2H3;1H. The number of aromatic nitrogens is 1. The van der Waals surface area contributed by atoms with Crippen LogP contribution in [0.2, 0.25) is 0 Å². The van der Waals surface area contributed by atoms with E-state index in [2.05, 4.69) is 10.3 Å². The number of halogens is 1. The third kappa shape index (κ3) is 3.27.